The van der Waals surface area contributed by atoms with Gasteiger partial charge in [-0.1, -0.05) is 55.8 Å². The average Bonchev–Trinajstić information content (AvgIpc) is 3.07. The van der Waals surface area contributed by atoms with Gasteiger partial charge >= 0.3 is 11.7 Å². The zero-order valence-electron chi connectivity index (χ0n) is 19.9. The third-order valence-corrected chi connectivity index (χ3v) is 5.74. The molecular formula is C26H32N2O5. The molecule has 1 N–H and O–H groups in total. The number of benzene rings is 2. The van der Waals surface area contributed by atoms with Crippen molar-refractivity contribution >= 4 is 5.97 Å². The van der Waals surface area contributed by atoms with E-state index in [9.17, 15) is 14.7 Å². The van der Waals surface area contributed by atoms with E-state index in [1.165, 1.54) is 0 Å². The van der Waals surface area contributed by atoms with Crippen LogP contribution in [0, 0.1) is 0 Å². The molecule has 0 spiro atoms. The number of hydrogen-bond acceptors (Lipinski definition) is 4. The second-order valence-electron chi connectivity index (χ2n) is 8.27. The molecule has 33 heavy (non-hydrogen) atoms. The van der Waals surface area contributed by atoms with Crippen LogP contribution in [0.4, 0.5) is 0 Å². The molecule has 0 atom stereocenters. The van der Waals surface area contributed by atoms with Gasteiger partial charge in [-0.2, -0.15) is 0 Å². The van der Waals surface area contributed by atoms with Crippen LogP contribution in [-0.2, 0) is 22.4 Å². The maximum Gasteiger partial charge on any atom is 0.336 e. The van der Waals surface area contributed by atoms with Gasteiger partial charge in [-0.3, -0.25) is 9.13 Å². The Morgan fingerprint density at radius 2 is 1.67 bits per heavy atom. The summed E-state index contributed by atoms with van der Waals surface area (Å²) in [5, 5.41) is 9.49. The number of aromatic carboxylic acids is 1. The van der Waals surface area contributed by atoms with Crippen LogP contribution in [0.3, 0.4) is 0 Å². The summed E-state index contributed by atoms with van der Waals surface area (Å²) < 4.78 is 14.6. The molecule has 0 radical (unpaired) electrons. The van der Waals surface area contributed by atoms with Crippen molar-refractivity contribution in [2.24, 2.45) is 0 Å². The summed E-state index contributed by atoms with van der Waals surface area (Å²) in [6.45, 7) is 6.43. The van der Waals surface area contributed by atoms with Crippen molar-refractivity contribution in [3.63, 3.8) is 0 Å². The number of aromatic nitrogens is 2. The quantitative estimate of drug-likeness (QED) is 0.443. The smallest absolute Gasteiger partial charge is 0.336 e. The zero-order valence-corrected chi connectivity index (χ0v) is 19.9. The topological polar surface area (TPSA) is 82.7 Å². The Morgan fingerprint density at radius 1 is 1.03 bits per heavy atom. The van der Waals surface area contributed by atoms with Crippen molar-refractivity contribution in [2.75, 3.05) is 14.2 Å². The third kappa shape index (κ3) is 4.94. The van der Waals surface area contributed by atoms with Crippen LogP contribution in [-0.4, -0.2) is 34.4 Å². The standard InChI is InChI=1S/C26H32N2O5/c1-6-9-22-23(25(32-4)33-5)28(17(2)3)26(31)27(22)16-18-12-14-19(15-13-18)20-10-7-8-11-21(20)24(29)30/h7-8,10-15,17,25H,6,9,16H2,1-5H3,(H,29,30). The monoisotopic (exact) mass is 452 g/mol. The van der Waals surface area contributed by atoms with E-state index in [4.69, 9.17) is 9.47 Å². The lowest BCUT2D eigenvalue weighted by Crippen LogP contribution is -2.28. The summed E-state index contributed by atoms with van der Waals surface area (Å²) in [4.78, 5) is 25.0. The summed E-state index contributed by atoms with van der Waals surface area (Å²) in [5.41, 5.74) is 4.26. The number of carboxylic acids is 1. The minimum atomic E-state index is -0.959. The van der Waals surface area contributed by atoms with Gasteiger partial charge in [0, 0.05) is 26.0 Å². The summed E-state index contributed by atoms with van der Waals surface area (Å²) in [6, 6.07) is 14.6. The van der Waals surface area contributed by atoms with E-state index in [1.807, 2.05) is 44.2 Å². The first-order chi connectivity index (χ1) is 15.8. The molecule has 176 valence electrons. The van der Waals surface area contributed by atoms with Crippen molar-refractivity contribution in [1.82, 2.24) is 9.13 Å². The largest absolute Gasteiger partial charge is 0.478 e. The van der Waals surface area contributed by atoms with Gasteiger partial charge in [0.25, 0.3) is 0 Å². The second-order valence-corrected chi connectivity index (χ2v) is 8.27. The van der Waals surface area contributed by atoms with E-state index in [1.54, 1.807) is 41.6 Å². The number of carboxylic acid groups (broad SMARTS) is 1. The van der Waals surface area contributed by atoms with E-state index in [0.29, 0.717) is 12.1 Å². The van der Waals surface area contributed by atoms with Gasteiger partial charge in [0.1, 0.15) is 0 Å². The number of hydrogen-bond donors (Lipinski definition) is 1. The van der Waals surface area contributed by atoms with Crippen molar-refractivity contribution in [2.45, 2.75) is 52.5 Å². The van der Waals surface area contributed by atoms with Gasteiger partial charge in [-0.25, -0.2) is 9.59 Å². The van der Waals surface area contributed by atoms with Crippen LogP contribution in [0.5, 0.6) is 0 Å². The van der Waals surface area contributed by atoms with Crippen molar-refractivity contribution < 1.29 is 19.4 Å². The lowest BCUT2D eigenvalue weighted by Gasteiger charge is -2.19. The van der Waals surface area contributed by atoms with Crippen molar-refractivity contribution in [1.29, 1.82) is 0 Å². The zero-order chi connectivity index (χ0) is 24.1. The SMILES string of the molecule is CCCc1c(C(OC)OC)n(C(C)C)c(=O)n1Cc1ccc(-c2ccccc2C(=O)O)cc1. The van der Waals surface area contributed by atoms with E-state index < -0.39 is 12.3 Å². The summed E-state index contributed by atoms with van der Waals surface area (Å²) in [6.07, 6.45) is 0.967. The maximum atomic E-state index is 13.4. The Labute approximate surface area is 194 Å². The van der Waals surface area contributed by atoms with E-state index >= 15 is 0 Å². The molecule has 0 aliphatic rings. The van der Waals surface area contributed by atoms with Crippen LogP contribution in [0.25, 0.3) is 11.1 Å². The summed E-state index contributed by atoms with van der Waals surface area (Å²) >= 11 is 0. The first-order valence-corrected chi connectivity index (χ1v) is 11.1. The fraction of sp³-hybridized carbons (Fsp3) is 0.385. The average molecular weight is 453 g/mol. The Bertz CT molecular complexity index is 1150. The van der Waals surface area contributed by atoms with Crippen LogP contribution in [0.1, 0.15) is 66.8 Å². The maximum absolute atomic E-state index is 13.4. The number of imidazole rings is 1. The molecule has 2 aromatic carbocycles. The molecule has 0 aliphatic carbocycles. The molecule has 0 saturated heterocycles. The van der Waals surface area contributed by atoms with Gasteiger partial charge in [0.05, 0.1) is 17.8 Å². The molecular weight excluding hydrogens is 420 g/mol. The van der Waals surface area contributed by atoms with Gasteiger partial charge in [0.2, 0.25) is 0 Å². The molecule has 0 bridgehead atoms. The Balaban J connectivity index is 2.04. The predicted octanol–water partition coefficient (Wildman–Crippen LogP) is 4.89. The Morgan fingerprint density at radius 3 is 2.21 bits per heavy atom. The molecule has 3 aromatic rings. The van der Waals surface area contributed by atoms with Gasteiger partial charge in [-0.15, -0.1) is 0 Å². The van der Waals surface area contributed by atoms with E-state index in [2.05, 4.69) is 6.92 Å². The molecule has 0 fully saturated rings. The lowest BCUT2D eigenvalue weighted by molar-refractivity contribution is -0.111. The van der Waals surface area contributed by atoms with Crippen LogP contribution < -0.4 is 5.69 Å². The molecule has 0 unspecified atom stereocenters. The minimum Gasteiger partial charge on any atom is -0.478 e. The number of nitrogens with zero attached hydrogens (tertiary/aromatic N) is 2. The van der Waals surface area contributed by atoms with Crippen LogP contribution in [0.15, 0.2) is 53.3 Å². The number of rotatable bonds is 10. The normalized spacial score (nSPS) is 11.5. The second kappa shape index (κ2) is 10.6. The Kier molecular flexibility index (Phi) is 7.89. The number of ether oxygens (including phenoxy) is 2. The molecule has 0 amide bonds. The summed E-state index contributed by atoms with van der Waals surface area (Å²) in [5.74, 6) is -0.959. The van der Waals surface area contributed by atoms with Crippen molar-refractivity contribution in [3.8, 4) is 11.1 Å². The van der Waals surface area contributed by atoms with Gasteiger partial charge < -0.3 is 14.6 Å². The highest BCUT2D eigenvalue weighted by molar-refractivity contribution is 5.95. The fourth-order valence-electron chi connectivity index (χ4n) is 4.25. The molecule has 3 rings (SSSR count). The molecule has 0 aliphatic heterocycles. The molecule has 7 nitrogen and oxygen atoms in total. The molecule has 0 saturated carbocycles. The van der Waals surface area contributed by atoms with Crippen molar-refractivity contribution in [3.05, 3.63) is 81.5 Å². The first kappa shape index (κ1) is 24.5. The lowest BCUT2D eigenvalue weighted by atomic mass is 9.99. The van der Waals surface area contributed by atoms with Gasteiger partial charge in [-0.05, 0) is 43.0 Å². The number of methoxy groups -OCH3 is 2. The third-order valence-electron chi connectivity index (χ3n) is 5.74. The molecule has 1 aromatic heterocycles. The van der Waals surface area contributed by atoms with Crippen LogP contribution >= 0.6 is 0 Å². The van der Waals surface area contributed by atoms with Crippen LogP contribution in [0.2, 0.25) is 0 Å². The highest BCUT2D eigenvalue weighted by Gasteiger charge is 2.27. The molecule has 1 heterocycles. The van der Waals surface area contributed by atoms with E-state index in [0.717, 1.165) is 35.4 Å². The fourth-order valence-corrected chi connectivity index (χ4v) is 4.25. The highest BCUT2D eigenvalue weighted by atomic mass is 16.7. The number of carbonyl (C=O) groups is 1. The van der Waals surface area contributed by atoms with Gasteiger partial charge in [0.15, 0.2) is 6.29 Å². The predicted molar refractivity (Wildman–Crippen MR) is 128 cm³/mol. The van der Waals surface area contributed by atoms with E-state index in [-0.39, 0.29) is 17.3 Å². The summed E-state index contributed by atoms with van der Waals surface area (Å²) in [7, 11) is 3.15. The first-order valence-electron chi connectivity index (χ1n) is 11.1. The molecule has 7 heteroatoms. The minimum absolute atomic E-state index is 0.0490. The highest BCUT2D eigenvalue weighted by Crippen LogP contribution is 2.27. The Hall–Kier alpha value is -3.16.